The molecule has 0 aliphatic heterocycles. The summed E-state index contributed by atoms with van der Waals surface area (Å²) >= 11 is 6.06. The van der Waals surface area contributed by atoms with Gasteiger partial charge in [-0.15, -0.1) is 0 Å². The van der Waals surface area contributed by atoms with E-state index < -0.39 is 9.84 Å². The highest BCUT2D eigenvalue weighted by molar-refractivity contribution is 7.90. The molecule has 21 heavy (non-hydrogen) atoms. The van der Waals surface area contributed by atoms with E-state index >= 15 is 0 Å². The molecule has 0 bridgehead atoms. The lowest BCUT2D eigenvalue weighted by Gasteiger charge is -2.05. The first kappa shape index (κ1) is 14.3. The molecule has 110 valence electrons. The highest BCUT2D eigenvalue weighted by atomic mass is 35.5. The Morgan fingerprint density at radius 1 is 1.33 bits per heavy atom. The van der Waals surface area contributed by atoms with E-state index in [0.29, 0.717) is 11.3 Å². The van der Waals surface area contributed by atoms with Crippen LogP contribution in [0.5, 0.6) is 0 Å². The van der Waals surface area contributed by atoms with Crippen LogP contribution in [0.25, 0.3) is 0 Å². The third-order valence-electron chi connectivity index (χ3n) is 3.40. The zero-order valence-electron chi connectivity index (χ0n) is 11.2. The predicted octanol–water partition coefficient (Wildman–Crippen LogP) is 2.84. The van der Waals surface area contributed by atoms with Crippen molar-refractivity contribution < 1.29 is 17.7 Å². The number of sulfone groups is 1. The van der Waals surface area contributed by atoms with Gasteiger partial charge in [0.1, 0.15) is 0 Å². The van der Waals surface area contributed by atoms with Gasteiger partial charge in [0.25, 0.3) is 0 Å². The normalized spacial score (nSPS) is 15.1. The average Bonchev–Trinajstić information content (AvgIpc) is 3.14. The van der Waals surface area contributed by atoms with E-state index in [2.05, 4.69) is 5.16 Å². The lowest BCUT2D eigenvalue weighted by molar-refractivity contribution is 0.103. The number of carbonyl (C=O) groups excluding carboxylic acids is 1. The van der Waals surface area contributed by atoms with Crippen molar-refractivity contribution in [2.75, 3.05) is 6.26 Å². The smallest absolute Gasteiger partial charge is 0.199 e. The minimum Gasteiger partial charge on any atom is -0.360 e. The molecule has 1 aliphatic carbocycles. The van der Waals surface area contributed by atoms with Crippen LogP contribution >= 0.6 is 11.6 Å². The molecule has 1 aromatic carbocycles. The standard InChI is InChI=1S/C14H12ClNO4S/c1-21(18,19)9-4-5-10(12(15)6-9)13(17)11-7-16-20-14(11)8-2-3-8/h4-8H,2-3H2,1H3. The average molecular weight is 326 g/mol. The number of carbonyl (C=O) groups is 1. The fourth-order valence-corrected chi connectivity index (χ4v) is 3.09. The van der Waals surface area contributed by atoms with Gasteiger partial charge in [-0.05, 0) is 31.0 Å². The largest absolute Gasteiger partial charge is 0.360 e. The Bertz CT molecular complexity index is 821. The Morgan fingerprint density at radius 3 is 2.62 bits per heavy atom. The molecule has 0 saturated heterocycles. The predicted molar refractivity (Wildman–Crippen MR) is 76.5 cm³/mol. The monoisotopic (exact) mass is 325 g/mol. The van der Waals surface area contributed by atoms with Gasteiger partial charge in [0.2, 0.25) is 0 Å². The minimum atomic E-state index is -3.36. The van der Waals surface area contributed by atoms with Gasteiger partial charge in [-0.3, -0.25) is 4.79 Å². The first-order valence-electron chi connectivity index (χ1n) is 6.37. The Labute approximate surface area is 126 Å². The summed E-state index contributed by atoms with van der Waals surface area (Å²) in [5, 5.41) is 3.78. The first-order chi connectivity index (χ1) is 9.88. The van der Waals surface area contributed by atoms with Gasteiger partial charge >= 0.3 is 0 Å². The Morgan fingerprint density at radius 2 is 2.05 bits per heavy atom. The summed E-state index contributed by atoms with van der Waals surface area (Å²) in [5.74, 6) is 0.534. The van der Waals surface area contributed by atoms with Crippen molar-refractivity contribution in [2.24, 2.45) is 0 Å². The molecule has 0 spiro atoms. The molecule has 0 N–H and O–H groups in total. The number of ketones is 1. The quantitative estimate of drug-likeness (QED) is 0.808. The van der Waals surface area contributed by atoms with Crippen molar-refractivity contribution in [2.45, 2.75) is 23.7 Å². The van der Waals surface area contributed by atoms with E-state index in [0.717, 1.165) is 19.1 Å². The second-order valence-electron chi connectivity index (χ2n) is 5.12. The van der Waals surface area contributed by atoms with E-state index in [4.69, 9.17) is 16.1 Å². The summed E-state index contributed by atoms with van der Waals surface area (Å²) in [6.45, 7) is 0. The van der Waals surface area contributed by atoms with Crippen LogP contribution in [0.15, 0.2) is 33.8 Å². The maximum atomic E-state index is 12.5. The number of hydrogen-bond acceptors (Lipinski definition) is 5. The van der Waals surface area contributed by atoms with Crippen molar-refractivity contribution in [3.63, 3.8) is 0 Å². The van der Waals surface area contributed by atoms with Gasteiger partial charge in [-0.1, -0.05) is 16.8 Å². The van der Waals surface area contributed by atoms with Gasteiger partial charge in [0.15, 0.2) is 21.4 Å². The fraction of sp³-hybridized carbons (Fsp3) is 0.286. The summed E-state index contributed by atoms with van der Waals surface area (Å²) in [4.78, 5) is 12.6. The molecule has 7 heteroatoms. The lowest BCUT2D eigenvalue weighted by atomic mass is 10.0. The molecule has 0 unspecified atom stereocenters. The van der Waals surface area contributed by atoms with E-state index in [1.54, 1.807) is 0 Å². The van der Waals surface area contributed by atoms with Crippen LogP contribution in [0.2, 0.25) is 5.02 Å². The van der Waals surface area contributed by atoms with Gasteiger partial charge in [0, 0.05) is 17.7 Å². The van der Waals surface area contributed by atoms with Crippen molar-refractivity contribution >= 4 is 27.2 Å². The topological polar surface area (TPSA) is 77.2 Å². The Kier molecular flexibility index (Phi) is 3.37. The van der Waals surface area contributed by atoms with Gasteiger partial charge in [0.05, 0.1) is 21.7 Å². The molecule has 1 aliphatic rings. The van der Waals surface area contributed by atoms with E-state index in [1.165, 1.54) is 24.4 Å². The van der Waals surface area contributed by atoms with E-state index in [1.807, 2.05) is 0 Å². The van der Waals surface area contributed by atoms with Crippen LogP contribution in [-0.2, 0) is 9.84 Å². The number of hydrogen-bond donors (Lipinski definition) is 0. The maximum Gasteiger partial charge on any atom is 0.199 e. The van der Waals surface area contributed by atoms with Crippen LogP contribution in [0.1, 0.15) is 40.4 Å². The third-order valence-corrected chi connectivity index (χ3v) is 4.83. The Hall–Kier alpha value is -1.66. The number of nitrogens with zero attached hydrogens (tertiary/aromatic N) is 1. The van der Waals surface area contributed by atoms with Crippen molar-refractivity contribution in [3.05, 3.63) is 46.3 Å². The first-order valence-corrected chi connectivity index (χ1v) is 8.63. The van der Waals surface area contributed by atoms with Crippen LogP contribution < -0.4 is 0 Å². The molecule has 0 radical (unpaired) electrons. The number of halogens is 1. The molecule has 1 saturated carbocycles. The van der Waals surface area contributed by atoms with Crippen molar-refractivity contribution in [1.82, 2.24) is 5.16 Å². The van der Waals surface area contributed by atoms with Gasteiger partial charge < -0.3 is 4.52 Å². The number of aromatic nitrogens is 1. The van der Waals surface area contributed by atoms with Crippen LogP contribution in [0.4, 0.5) is 0 Å². The molecular formula is C14H12ClNO4S. The summed E-state index contributed by atoms with van der Waals surface area (Å²) in [6, 6.07) is 4.08. The van der Waals surface area contributed by atoms with E-state index in [9.17, 15) is 13.2 Å². The number of benzene rings is 1. The molecule has 2 aromatic rings. The zero-order chi connectivity index (χ0) is 15.2. The summed E-state index contributed by atoms with van der Waals surface area (Å²) in [6.07, 6.45) is 4.44. The van der Waals surface area contributed by atoms with Crippen molar-refractivity contribution in [1.29, 1.82) is 0 Å². The second kappa shape index (κ2) is 4.96. The molecule has 5 nitrogen and oxygen atoms in total. The highest BCUT2D eigenvalue weighted by Crippen LogP contribution is 2.42. The highest BCUT2D eigenvalue weighted by Gasteiger charge is 2.33. The van der Waals surface area contributed by atoms with Crippen LogP contribution in [0, 0.1) is 0 Å². The zero-order valence-corrected chi connectivity index (χ0v) is 12.7. The van der Waals surface area contributed by atoms with E-state index in [-0.39, 0.29) is 27.2 Å². The molecule has 1 heterocycles. The third kappa shape index (κ3) is 2.73. The lowest BCUT2D eigenvalue weighted by Crippen LogP contribution is -2.05. The molecular weight excluding hydrogens is 314 g/mol. The molecule has 1 aromatic heterocycles. The number of rotatable bonds is 4. The van der Waals surface area contributed by atoms with Gasteiger partial charge in [-0.25, -0.2) is 8.42 Å². The molecule has 0 amide bonds. The molecule has 1 fully saturated rings. The molecule has 3 rings (SSSR count). The van der Waals surface area contributed by atoms with Gasteiger partial charge in [-0.2, -0.15) is 0 Å². The summed E-state index contributed by atoms with van der Waals surface area (Å²) in [7, 11) is -3.36. The maximum absolute atomic E-state index is 12.5. The SMILES string of the molecule is CS(=O)(=O)c1ccc(C(=O)c2cnoc2C2CC2)c(Cl)c1. The fourth-order valence-electron chi connectivity index (χ4n) is 2.11. The second-order valence-corrected chi connectivity index (χ2v) is 7.54. The van der Waals surface area contributed by atoms with Crippen LogP contribution in [0.3, 0.4) is 0 Å². The summed E-state index contributed by atoms with van der Waals surface area (Å²) in [5.41, 5.74) is 0.640. The Balaban J connectivity index is 2.00. The molecule has 0 atom stereocenters. The minimum absolute atomic E-state index is 0.0804. The summed E-state index contributed by atoms with van der Waals surface area (Å²) < 4.78 is 28.1. The van der Waals surface area contributed by atoms with Crippen LogP contribution in [-0.4, -0.2) is 25.6 Å². The van der Waals surface area contributed by atoms with Crippen molar-refractivity contribution in [3.8, 4) is 0 Å².